The van der Waals surface area contributed by atoms with E-state index in [1.807, 2.05) is 6.07 Å². The van der Waals surface area contributed by atoms with Gasteiger partial charge in [0, 0.05) is 23.5 Å². The van der Waals surface area contributed by atoms with Crippen LogP contribution in [0.15, 0.2) is 12.1 Å². The molecule has 21 heavy (non-hydrogen) atoms. The van der Waals surface area contributed by atoms with Gasteiger partial charge in [0.05, 0.1) is 24.3 Å². The smallest absolute Gasteiger partial charge is 0.162 e. The minimum absolute atomic E-state index is 0.0382. The molecule has 3 nitrogen and oxygen atoms in total. The first kappa shape index (κ1) is 15.0. The van der Waals surface area contributed by atoms with Crippen LogP contribution in [0, 0.1) is 5.41 Å². The Hall–Kier alpha value is -0.930. The van der Waals surface area contributed by atoms with E-state index in [0.29, 0.717) is 29.7 Å². The van der Waals surface area contributed by atoms with Crippen molar-refractivity contribution in [2.24, 2.45) is 5.41 Å². The molecule has 3 rings (SSSR count). The third kappa shape index (κ3) is 2.74. The van der Waals surface area contributed by atoms with Crippen LogP contribution in [0.3, 0.4) is 0 Å². The van der Waals surface area contributed by atoms with Crippen LogP contribution in [0.5, 0.6) is 11.5 Å². The molecule has 0 amide bonds. The summed E-state index contributed by atoms with van der Waals surface area (Å²) in [6.45, 7) is 3.44. The van der Waals surface area contributed by atoms with Gasteiger partial charge in [0.2, 0.25) is 0 Å². The molecule has 1 atom stereocenters. The van der Waals surface area contributed by atoms with Crippen molar-refractivity contribution >= 4 is 11.6 Å². The number of aliphatic hydroxyl groups is 1. The molecule has 1 heterocycles. The molecule has 116 valence electrons. The molecule has 4 heteroatoms. The summed E-state index contributed by atoms with van der Waals surface area (Å²) in [4.78, 5) is 0. The Bertz CT molecular complexity index is 509. The normalized spacial score (nSPS) is 21.9. The van der Waals surface area contributed by atoms with Crippen molar-refractivity contribution in [1.82, 2.24) is 0 Å². The second kappa shape index (κ2) is 6.05. The van der Waals surface area contributed by atoms with Gasteiger partial charge in [-0.3, -0.25) is 0 Å². The lowest BCUT2D eigenvalue weighted by atomic mass is 9.75. The molecule has 1 aliphatic carbocycles. The molecule has 2 aliphatic rings. The zero-order valence-corrected chi connectivity index (χ0v) is 13.3. The lowest BCUT2D eigenvalue weighted by Crippen LogP contribution is -2.25. The second-order valence-electron chi connectivity index (χ2n) is 6.20. The van der Waals surface area contributed by atoms with Gasteiger partial charge >= 0.3 is 0 Å². The lowest BCUT2D eigenvalue weighted by Gasteiger charge is -2.34. The molecular weight excluding hydrogens is 288 g/mol. The zero-order chi connectivity index (χ0) is 14.9. The molecule has 0 radical (unpaired) electrons. The van der Waals surface area contributed by atoms with Gasteiger partial charge in [-0.25, -0.2) is 0 Å². The van der Waals surface area contributed by atoms with E-state index in [9.17, 15) is 5.11 Å². The van der Waals surface area contributed by atoms with E-state index in [4.69, 9.17) is 21.1 Å². The van der Waals surface area contributed by atoms with E-state index < -0.39 is 6.10 Å². The van der Waals surface area contributed by atoms with Gasteiger partial charge in [-0.15, -0.1) is 0 Å². The molecule has 1 aromatic carbocycles. The van der Waals surface area contributed by atoms with E-state index in [0.717, 1.165) is 31.2 Å². The average molecular weight is 311 g/mol. The molecule has 1 unspecified atom stereocenters. The van der Waals surface area contributed by atoms with E-state index in [2.05, 4.69) is 6.92 Å². The monoisotopic (exact) mass is 310 g/mol. The number of hydrogen-bond acceptors (Lipinski definition) is 3. The van der Waals surface area contributed by atoms with Crippen LogP contribution in [0.25, 0.3) is 0 Å². The number of benzene rings is 1. The summed E-state index contributed by atoms with van der Waals surface area (Å²) in [6, 6.07) is 3.67. The van der Waals surface area contributed by atoms with Crippen molar-refractivity contribution in [2.45, 2.75) is 51.6 Å². The van der Waals surface area contributed by atoms with Crippen LogP contribution in [0.4, 0.5) is 0 Å². The highest BCUT2D eigenvalue weighted by Gasteiger charge is 2.40. The van der Waals surface area contributed by atoms with Gasteiger partial charge in [-0.05, 0) is 25.3 Å². The number of fused-ring (bicyclic) bond motifs is 1. The summed E-state index contributed by atoms with van der Waals surface area (Å²) in [5.41, 5.74) is 0.744. The van der Waals surface area contributed by atoms with E-state index in [1.165, 1.54) is 12.8 Å². The summed E-state index contributed by atoms with van der Waals surface area (Å²) < 4.78 is 11.4. The van der Waals surface area contributed by atoms with E-state index >= 15 is 0 Å². The molecule has 1 saturated carbocycles. The fraction of sp³-hybridized carbons (Fsp3) is 0.647. The Morgan fingerprint density at radius 3 is 2.38 bits per heavy atom. The average Bonchev–Trinajstić information content (AvgIpc) is 2.87. The van der Waals surface area contributed by atoms with Crippen LogP contribution >= 0.6 is 11.6 Å². The Balaban J connectivity index is 1.96. The first-order valence-corrected chi connectivity index (χ1v) is 8.31. The molecule has 1 aromatic rings. The molecule has 1 N–H and O–H groups in total. The summed E-state index contributed by atoms with van der Waals surface area (Å²) in [5, 5.41) is 11.5. The largest absolute Gasteiger partial charge is 0.490 e. The SMILES string of the molecule is CCC1(C(O)c2cc3c(cc2Cl)OCCCO3)CCCC1. The van der Waals surface area contributed by atoms with Crippen LogP contribution in [-0.2, 0) is 0 Å². The van der Waals surface area contributed by atoms with Crippen molar-refractivity contribution in [2.75, 3.05) is 13.2 Å². The van der Waals surface area contributed by atoms with Crippen LogP contribution in [-0.4, -0.2) is 18.3 Å². The van der Waals surface area contributed by atoms with Crippen molar-refractivity contribution in [3.63, 3.8) is 0 Å². The molecule has 1 fully saturated rings. The molecule has 0 saturated heterocycles. The van der Waals surface area contributed by atoms with Crippen LogP contribution < -0.4 is 9.47 Å². The maximum Gasteiger partial charge on any atom is 0.162 e. The molecule has 0 bridgehead atoms. The van der Waals surface area contributed by atoms with Crippen LogP contribution in [0.2, 0.25) is 5.02 Å². The first-order valence-electron chi connectivity index (χ1n) is 7.93. The fourth-order valence-electron chi connectivity index (χ4n) is 3.64. The highest BCUT2D eigenvalue weighted by molar-refractivity contribution is 6.31. The molecule has 1 aliphatic heterocycles. The summed E-state index contributed by atoms with van der Waals surface area (Å²) in [5.74, 6) is 1.39. The third-order valence-corrected chi connectivity index (χ3v) is 5.37. The van der Waals surface area contributed by atoms with Crippen LogP contribution in [0.1, 0.15) is 57.1 Å². The third-order valence-electron chi connectivity index (χ3n) is 5.04. The highest BCUT2D eigenvalue weighted by Crippen LogP contribution is 2.52. The fourth-order valence-corrected chi connectivity index (χ4v) is 3.90. The minimum Gasteiger partial charge on any atom is -0.490 e. The minimum atomic E-state index is -0.533. The summed E-state index contributed by atoms with van der Waals surface area (Å²) in [6.07, 6.45) is 5.81. The number of halogens is 1. The Labute approximate surface area is 131 Å². The number of rotatable bonds is 3. The van der Waals surface area contributed by atoms with Gasteiger partial charge in [0.15, 0.2) is 11.5 Å². The van der Waals surface area contributed by atoms with Gasteiger partial charge < -0.3 is 14.6 Å². The first-order chi connectivity index (χ1) is 10.2. The Morgan fingerprint density at radius 2 is 1.76 bits per heavy atom. The van der Waals surface area contributed by atoms with E-state index in [1.54, 1.807) is 6.07 Å². The number of hydrogen-bond donors (Lipinski definition) is 1. The lowest BCUT2D eigenvalue weighted by molar-refractivity contribution is 0.0236. The second-order valence-corrected chi connectivity index (χ2v) is 6.60. The maximum atomic E-state index is 10.9. The molecular formula is C17H23ClO3. The Morgan fingerprint density at radius 1 is 1.14 bits per heavy atom. The Kier molecular flexibility index (Phi) is 4.32. The maximum absolute atomic E-state index is 10.9. The van der Waals surface area contributed by atoms with Gasteiger partial charge in [-0.2, -0.15) is 0 Å². The zero-order valence-electron chi connectivity index (χ0n) is 12.5. The van der Waals surface area contributed by atoms with Gasteiger partial charge in [-0.1, -0.05) is 31.4 Å². The van der Waals surface area contributed by atoms with Crippen molar-refractivity contribution in [3.8, 4) is 11.5 Å². The highest BCUT2D eigenvalue weighted by atomic mass is 35.5. The number of ether oxygens (including phenoxy) is 2. The van der Waals surface area contributed by atoms with E-state index in [-0.39, 0.29) is 5.41 Å². The van der Waals surface area contributed by atoms with Gasteiger partial charge in [0.25, 0.3) is 0 Å². The molecule has 0 aromatic heterocycles. The topological polar surface area (TPSA) is 38.7 Å². The predicted octanol–water partition coefficient (Wildman–Crippen LogP) is 4.51. The standard InChI is InChI=1S/C17H23ClO3/c1-2-17(6-3-4-7-17)16(19)12-10-14-15(11-13(12)18)21-9-5-8-20-14/h10-11,16,19H,2-9H2,1H3. The predicted molar refractivity (Wildman–Crippen MR) is 83.2 cm³/mol. The number of aliphatic hydroxyl groups excluding tert-OH is 1. The van der Waals surface area contributed by atoms with Crippen molar-refractivity contribution in [1.29, 1.82) is 0 Å². The summed E-state index contributed by atoms with van der Waals surface area (Å²) >= 11 is 6.41. The molecule has 0 spiro atoms. The van der Waals surface area contributed by atoms with Gasteiger partial charge in [0.1, 0.15) is 0 Å². The van der Waals surface area contributed by atoms with Crippen molar-refractivity contribution in [3.05, 3.63) is 22.7 Å². The summed E-state index contributed by atoms with van der Waals surface area (Å²) in [7, 11) is 0. The quantitative estimate of drug-likeness (QED) is 0.893. The van der Waals surface area contributed by atoms with Crippen molar-refractivity contribution < 1.29 is 14.6 Å².